The number of nitro groups is 1. The van der Waals surface area contributed by atoms with Crippen LogP contribution < -0.4 is 0 Å². The van der Waals surface area contributed by atoms with Crippen molar-refractivity contribution >= 4 is 11.6 Å². The van der Waals surface area contributed by atoms with Crippen LogP contribution in [0.5, 0.6) is 0 Å². The number of nitrogens with zero attached hydrogens (tertiary/aromatic N) is 3. The van der Waals surface area contributed by atoms with E-state index in [2.05, 4.69) is 13.8 Å². The molecule has 0 bridgehead atoms. The van der Waals surface area contributed by atoms with E-state index in [1.807, 2.05) is 16.8 Å². The third-order valence-corrected chi connectivity index (χ3v) is 4.09. The third kappa shape index (κ3) is 2.95. The fourth-order valence-corrected chi connectivity index (χ4v) is 3.20. The highest BCUT2D eigenvalue weighted by Gasteiger charge is 2.37. The van der Waals surface area contributed by atoms with Crippen LogP contribution in [0, 0.1) is 16.0 Å². The first-order valence-corrected chi connectivity index (χ1v) is 6.91. The summed E-state index contributed by atoms with van der Waals surface area (Å²) in [6, 6.07) is 0.226. The van der Waals surface area contributed by atoms with E-state index in [9.17, 15) is 10.1 Å². The highest BCUT2D eigenvalue weighted by Crippen LogP contribution is 2.30. The van der Waals surface area contributed by atoms with E-state index in [1.165, 1.54) is 0 Å². The molecular weight excluding hydrogens is 270 g/mol. The Balaban J connectivity index is 2.16. The molecule has 0 saturated carbocycles. The molecule has 0 radical (unpaired) electrons. The van der Waals surface area contributed by atoms with Crippen molar-refractivity contribution < 1.29 is 9.66 Å². The van der Waals surface area contributed by atoms with Crippen molar-refractivity contribution in [3.05, 3.63) is 21.1 Å². The van der Waals surface area contributed by atoms with Crippen LogP contribution in [-0.4, -0.2) is 53.6 Å². The normalized spacial score (nSPS) is 34.0. The van der Waals surface area contributed by atoms with E-state index < -0.39 is 4.92 Å². The minimum atomic E-state index is -0.522. The zero-order valence-electron chi connectivity index (χ0n) is 11.5. The van der Waals surface area contributed by atoms with Crippen molar-refractivity contribution in [3.63, 3.8) is 0 Å². The molecule has 6 nitrogen and oxygen atoms in total. The van der Waals surface area contributed by atoms with E-state index in [-0.39, 0.29) is 17.3 Å². The lowest BCUT2D eigenvalue weighted by Gasteiger charge is -2.26. The van der Waals surface area contributed by atoms with Gasteiger partial charge in [-0.3, -0.25) is 10.1 Å². The summed E-state index contributed by atoms with van der Waals surface area (Å²) < 4.78 is 5.56. The number of hydrogen-bond acceptors (Lipinski definition) is 5. The van der Waals surface area contributed by atoms with Gasteiger partial charge < -0.3 is 14.5 Å². The smallest absolute Gasteiger partial charge is 0.377 e. The van der Waals surface area contributed by atoms with Crippen molar-refractivity contribution in [2.75, 3.05) is 26.7 Å². The van der Waals surface area contributed by atoms with Crippen molar-refractivity contribution in [3.8, 4) is 0 Å². The van der Waals surface area contributed by atoms with Gasteiger partial charge in [-0.15, -0.1) is 0 Å². The summed E-state index contributed by atoms with van der Waals surface area (Å²) in [5.74, 6) is 0.939. The van der Waals surface area contributed by atoms with Gasteiger partial charge in [0.25, 0.3) is 0 Å². The maximum absolute atomic E-state index is 10.9. The van der Waals surface area contributed by atoms with Crippen LogP contribution >= 0.6 is 11.6 Å². The molecule has 19 heavy (non-hydrogen) atoms. The van der Waals surface area contributed by atoms with Crippen LogP contribution in [0.1, 0.15) is 20.3 Å². The Morgan fingerprint density at radius 2 is 2.26 bits per heavy atom. The highest BCUT2D eigenvalue weighted by molar-refractivity contribution is 6.28. The molecule has 2 fully saturated rings. The van der Waals surface area contributed by atoms with Crippen LogP contribution in [0.4, 0.5) is 0 Å². The Morgan fingerprint density at radius 3 is 2.79 bits per heavy atom. The summed E-state index contributed by atoms with van der Waals surface area (Å²) in [5.41, 5.74) is 0. The van der Waals surface area contributed by atoms with Gasteiger partial charge in [0.05, 0.1) is 17.6 Å². The van der Waals surface area contributed by atoms with Crippen LogP contribution in [-0.2, 0) is 4.74 Å². The molecule has 0 aromatic heterocycles. The molecule has 2 aliphatic rings. The van der Waals surface area contributed by atoms with Crippen LogP contribution in [0.25, 0.3) is 0 Å². The van der Waals surface area contributed by atoms with E-state index >= 15 is 0 Å². The molecule has 0 N–H and O–H groups in total. The summed E-state index contributed by atoms with van der Waals surface area (Å²) >= 11 is 5.86. The van der Waals surface area contributed by atoms with Crippen LogP contribution in [0.15, 0.2) is 11.0 Å². The van der Waals surface area contributed by atoms with E-state index in [0.717, 1.165) is 26.1 Å². The number of halogens is 1. The van der Waals surface area contributed by atoms with Gasteiger partial charge in [0, 0.05) is 32.1 Å². The summed E-state index contributed by atoms with van der Waals surface area (Å²) in [4.78, 5) is 14.3. The molecule has 2 saturated heterocycles. The van der Waals surface area contributed by atoms with Gasteiger partial charge in [-0.25, -0.2) is 0 Å². The molecule has 7 heteroatoms. The first kappa shape index (κ1) is 14.4. The lowest BCUT2D eigenvalue weighted by Crippen LogP contribution is -2.33. The van der Waals surface area contributed by atoms with Gasteiger partial charge in [-0.05, 0) is 31.9 Å². The molecule has 108 valence electrons. The van der Waals surface area contributed by atoms with Gasteiger partial charge in [0.1, 0.15) is 0 Å². The fraction of sp³-hybridized carbons (Fsp3) is 0.833. The second-order valence-corrected chi connectivity index (χ2v) is 5.86. The van der Waals surface area contributed by atoms with Gasteiger partial charge in [0.2, 0.25) is 0 Å². The summed E-state index contributed by atoms with van der Waals surface area (Å²) in [6.07, 6.45) is 1.27. The largest absolute Gasteiger partial charge is 0.378 e. The van der Waals surface area contributed by atoms with Gasteiger partial charge in [0.15, 0.2) is 5.82 Å². The summed E-state index contributed by atoms with van der Waals surface area (Å²) in [5, 5.41) is 10.6. The molecule has 3 atom stereocenters. The number of likely N-dealkylation sites (N-methyl/N-ethyl adjacent to an activating group) is 1. The van der Waals surface area contributed by atoms with E-state index in [0.29, 0.717) is 11.7 Å². The zero-order chi connectivity index (χ0) is 14.2. The van der Waals surface area contributed by atoms with Gasteiger partial charge in [-0.2, -0.15) is 0 Å². The lowest BCUT2D eigenvalue weighted by molar-refractivity contribution is -0.415. The van der Waals surface area contributed by atoms with Gasteiger partial charge in [-0.1, -0.05) is 0 Å². The molecule has 0 aromatic carbocycles. The Bertz CT molecular complexity index is 402. The SMILES string of the molecule is CC1CC(CN2C(=C(Cl)[N+](=O)[O-])N(C)CC2C)CO1. The zero-order valence-corrected chi connectivity index (χ0v) is 12.3. The van der Waals surface area contributed by atoms with Crippen molar-refractivity contribution in [2.45, 2.75) is 32.4 Å². The third-order valence-electron chi connectivity index (χ3n) is 3.79. The number of rotatable bonds is 3. The average Bonchev–Trinajstić information content (AvgIpc) is 2.84. The number of hydrogen-bond donors (Lipinski definition) is 0. The summed E-state index contributed by atoms with van der Waals surface area (Å²) in [7, 11) is 1.84. The van der Waals surface area contributed by atoms with E-state index in [4.69, 9.17) is 16.3 Å². The Hall–Kier alpha value is -1.01. The molecule has 3 unspecified atom stereocenters. The maximum atomic E-state index is 10.9. The van der Waals surface area contributed by atoms with Crippen LogP contribution in [0.2, 0.25) is 0 Å². The van der Waals surface area contributed by atoms with Gasteiger partial charge >= 0.3 is 5.16 Å². The first-order chi connectivity index (χ1) is 8.90. The van der Waals surface area contributed by atoms with Crippen molar-refractivity contribution in [1.82, 2.24) is 9.80 Å². The molecule has 0 amide bonds. The topological polar surface area (TPSA) is 58.8 Å². The molecule has 0 aromatic rings. The number of ether oxygens (including phenoxy) is 1. The predicted molar refractivity (Wildman–Crippen MR) is 72.2 cm³/mol. The molecule has 0 aliphatic carbocycles. The monoisotopic (exact) mass is 289 g/mol. The quantitative estimate of drug-likeness (QED) is 0.449. The van der Waals surface area contributed by atoms with E-state index in [1.54, 1.807) is 0 Å². The molecule has 2 aliphatic heterocycles. The minimum absolute atomic E-state index is 0.226. The summed E-state index contributed by atoms with van der Waals surface area (Å²) in [6.45, 7) is 6.35. The average molecular weight is 290 g/mol. The van der Waals surface area contributed by atoms with Crippen molar-refractivity contribution in [1.29, 1.82) is 0 Å². The Kier molecular flexibility index (Phi) is 4.20. The molecule has 0 spiro atoms. The predicted octanol–water partition coefficient (Wildman–Crippen LogP) is 1.69. The van der Waals surface area contributed by atoms with Crippen LogP contribution in [0.3, 0.4) is 0 Å². The minimum Gasteiger partial charge on any atom is -0.378 e. The lowest BCUT2D eigenvalue weighted by atomic mass is 10.1. The molecule has 2 heterocycles. The van der Waals surface area contributed by atoms with Crippen molar-refractivity contribution in [2.24, 2.45) is 5.92 Å². The molecular formula is C12H20ClN3O3. The second kappa shape index (κ2) is 5.54. The fourth-order valence-electron chi connectivity index (χ4n) is 2.94. The Labute approximate surface area is 118 Å². The maximum Gasteiger partial charge on any atom is 0.377 e. The first-order valence-electron chi connectivity index (χ1n) is 6.53. The second-order valence-electron chi connectivity index (χ2n) is 5.50. The molecule has 2 rings (SSSR count). The standard InChI is InChI=1S/C12H20ClN3O3/c1-8-5-14(3)12(11(13)16(17)18)15(8)6-10-4-9(2)19-7-10/h8-10H,4-7H2,1-3H3. The Morgan fingerprint density at radius 1 is 1.58 bits per heavy atom. The highest BCUT2D eigenvalue weighted by atomic mass is 35.5.